The van der Waals surface area contributed by atoms with Crippen LogP contribution >= 0.6 is 0 Å². The van der Waals surface area contributed by atoms with Crippen LogP contribution in [-0.4, -0.2) is 24.9 Å². The molecule has 0 bridgehead atoms. The van der Waals surface area contributed by atoms with Crippen LogP contribution in [0.4, 0.5) is 4.39 Å². The highest BCUT2D eigenvalue weighted by atomic mass is 19.1. The van der Waals surface area contributed by atoms with Crippen LogP contribution in [0.15, 0.2) is 60.9 Å². The molecular weight excluding hydrogens is 425 g/mol. The van der Waals surface area contributed by atoms with Gasteiger partial charge in [0.25, 0.3) is 0 Å². The number of hydrogen-bond acceptors (Lipinski definition) is 3. The predicted molar refractivity (Wildman–Crippen MR) is 135 cm³/mol. The Labute approximate surface area is 196 Å². The molecule has 0 aliphatic heterocycles. The number of aryl methyl sites for hydroxylation is 1. The van der Waals surface area contributed by atoms with Gasteiger partial charge in [-0.25, -0.2) is 14.4 Å². The highest BCUT2D eigenvalue weighted by molar-refractivity contribution is 6.22. The molecule has 3 heterocycles. The second kappa shape index (κ2) is 7.76. The molecule has 2 N–H and O–H groups in total. The average molecular weight is 450 g/mol. The molecule has 3 aromatic carbocycles. The van der Waals surface area contributed by atoms with Crippen molar-refractivity contribution in [1.82, 2.24) is 24.9 Å². The molecule has 0 saturated heterocycles. The minimum absolute atomic E-state index is 0.256. The van der Waals surface area contributed by atoms with E-state index in [0.29, 0.717) is 11.3 Å². The molecule has 0 aliphatic rings. The van der Waals surface area contributed by atoms with E-state index in [-0.39, 0.29) is 11.7 Å². The number of nitrogens with one attached hydrogen (secondary N) is 2. The summed E-state index contributed by atoms with van der Waals surface area (Å²) in [6, 6.07) is 15.6. The number of benzene rings is 3. The van der Waals surface area contributed by atoms with E-state index in [1.54, 1.807) is 18.5 Å². The van der Waals surface area contributed by atoms with Gasteiger partial charge < -0.3 is 9.97 Å². The number of hydrogen-bond donors (Lipinski definition) is 2. The summed E-state index contributed by atoms with van der Waals surface area (Å²) >= 11 is 0. The summed E-state index contributed by atoms with van der Waals surface area (Å²) in [6.07, 6.45) is 4.33. The number of fused-ring (bicyclic) bond motifs is 6. The fraction of sp³-hybridized carbons (Fsp3) is 0.179. The summed E-state index contributed by atoms with van der Waals surface area (Å²) in [6.45, 7) is 6.20. The van der Waals surface area contributed by atoms with E-state index in [4.69, 9.17) is 4.98 Å². The lowest BCUT2D eigenvalue weighted by Gasteiger charge is -2.09. The van der Waals surface area contributed by atoms with E-state index >= 15 is 4.39 Å². The third-order valence-electron chi connectivity index (χ3n) is 6.43. The van der Waals surface area contributed by atoms with Gasteiger partial charge in [0.1, 0.15) is 17.5 Å². The molecular formula is C28H24FN5. The minimum atomic E-state index is -0.281. The Bertz CT molecular complexity index is 1690. The number of aromatic nitrogens is 5. The zero-order valence-electron chi connectivity index (χ0n) is 19.3. The Hall–Kier alpha value is -4.06. The zero-order valence-corrected chi connectivity index (χ0v) is 19.3. The SMILES string of the molecule is CCc1nc2c3cccnc3c3cc(-c4ccc(-c5cnc(C(C)C)[nH]5)c(F)c4)ccc3c2[nH]1. The molecule has 0 saturated carbocycles. The molecule has 0 spiro atoms. The van der Waals surface area contributed by atoms with Gasteiger partial charge in [-0.2, -0.15) is 0 Å². The van der Waals surface area contributed by atoms with Gasteiger partial charge in [0.2, 0.25) is 0 Å². The van der Waals surface area contributed by atoms with Crippen molar-refractivity contribution in [1.29, 1.82) is 0 Å². The van der Waals surface area contributed by atoms with Crippen LogP contribution in [0.25, 0.3) is 55.1 Å². The van der Waals surface area contributed by atoms with Gasteiger partial charge in [-0.3, -0.25) is 4.98 Å². The zero-order chi connectivity index (χ0) is 23.4. The molecule has 0 atom stereocenters. The second-order valence-electron chi connectivity index (χ2n) is 8.95. The molecule has 6 heteroatoms. The Kier molecular flexibility index (Phi) is 4.69. The number of imidazole rings is 2. The Balaban J connectivity index is 1.51. The van der Waals surface area contributed by atoms with Crippen molar-refractivity contribution >= 4 is 32.7 Å². The van der Waals surface area contributed by atoms with Gasteiger partial charge in [0, 0.05) is 40.3 Å². The highest BCUT2D eigenvalue weighted by Gasteiger charge is 2.15. The first-order chi connectivity index (χ1) is 16.5. The molecule has 168 valence electrons. The standard InChI is InChI=1S/C28H24FN5/c1-4-24-33-26-18-9-7-16(12-21(18)25-20(27(26)34-24)6-5-11-30-25)17-8-10-19(22(29)13-17)23-14-31-28(32-23)15(2)3/h5-15H,4H2,1-3H3,(H,31,32)(H,33,34). The van der Waals surface area contributed by atoms with Crippen LogP contribution in [0, 0.1) is 5.82 Å². The van der Waals surface area contributed by atoms with E-state index in [2.05, 4.69) is 58.9 Å². The molecule has 6 rings (SSSR count). The monoisotopic (exact) mass is 449 g/mol. The van der Waals surface area contributed by atoms with Gasteiger partial charge >= 0.3 is 0 Å². The van der Waals surface area contributed by atoms with Crippen molar-refractivity contribution in [2.45, 2.75) is 33.1 Å². The quantitative estimate of drug-likeness (QED) is 0.281. The first kappa shape index (κ1) is 20.5. The first-order valence-corrected chi connectivity index (χ1v) is 11.6. The topological polar surface area (TPSA) is 70.2 Å². The number of nitrogens with zero attached hydrogens (tertiary/aromatic N) is 3. The van der Waals surface area contributed by atoms with E-state index in [1.807, 2.05) is 24.3 Å². The number of aromatic amines is 2. The summed E-state index contributed by atoms with van der Waals surface area (Å²) in [7, 11) is 0. The van der Waals surface area contributed by atoms with E-state index in [0.717, 1.165) is 61.9 Å². The lowest BCUT2D eigenvalue weighted by molar-refractivity contribution is 0.631. The van der Waals surface area contributed by atoms with Crippen LogP contribution in [-0.2, 0) is 6.42 Å². The van der Waals surface area contributed by atoms with Crippen molar-refractivity contribution in [3.05, 3.63) is 78.4 Å². The molecule has 0 fully saturated rings. The van der Waals surface area contributed by atoms with E-state index in [9.17, 15) is 0 Å². The van der Waals surface area contributed by atoms with E-state index in [1.165, 1.54) is 0 Å². The van der Waals surface area contributed by atoms with Crippen LogP contribution in [0.1, 0.15) is 38.3 Å². The summed E-state index contributed by atoms with van der Waals surface area (Å²) in [5, 5.41) is 3.10. The fourth-order valence-electron chi connectivity index (χ4n) is 4.61. The predicted octanol–water partition coefficient (Wildman–Crippen LogP) is 7.15. The number of halogens is 1. The molecule has 6 aromatic rings. The van der Waals surface area contributed by atoms with Crippen molar-refractivity contribution in [2.75, 3.05) is 0 Å². The number of pyridine rings is 1. The maximum absolute atomic E-state index is 15.2. The van der Waals surface area contributed by atoms with Crippen LogP contribution in [0.3, 0.4) is 0 Å². The largest absolute Gasteiger partial charge is 0.342 e. The Morgan fingerprint density at radius 1 is 0.882 bits per heavy atom. The van der Waals surface area contributed by atoms with Crippen LogP contribution in [0.5, 0.6) is 0 Å². The molecule has 0 unspecified atom stereocenters. The molecule has 5 nitrogen and oxygen atoms in total. The van der Waals surface area contributed by atoms with Gasteiger partial charge in [-0.05, 0) is 41.5 Å². The van der Waals surface area contributed by atoms with Crippen molar-refractivity contribution in [3.63, 3.8) is 0 Å². The van der Waals surface area contributed by atoms with Gasteiger partial charge in [-0.1, -0.05) is 39.0 Å². The summed E-state index contributed by atoms with van der Waals surface area (Å²) in [5.41, 5.74) is 5.81. The third kappa shape index (κ3) is 3.17. The third-order valence-corrected chi connectivity index (χ3v) is 6.43. The Morgan fingerprint density at radius 2 is 1.71 bits per heavy atom. The number of rotatable bonds is 4. The van der Waals surface area contributed by atoms with Crippen LogP contribution < -0.4 is 0 Å². The first-order valence-electron chi connectivity index (χ1n) is 11.6. The fourth-order valence-corrected chi connectivity index (χ4v) is 4.61. The normalized spacial score (nSPS) is 11.9. The van der Waals surface area contributed by atoms with Crippen molar-refractivity contribution in [2.24, 2.45) is 0 Å². The maximum Gasteiger partial charge on any atom is 0.133 e. The second-order valence-corrected chi connectivity index (χ2v) is 8.95. The minimum Gasteiger partial charge on any atom is -0.342 e. The van der Waals surface area contributed by atoms with Crippen molar-refractivity contribution in [3.8, 4) is 22.4 Å². The molecule has 0 aliphatic carbocycles. The lowest BCUT2D eigenvalue weighted by atomic mass is 9.97. The summed E-state index contributed by atoms with van der Waals surface area (Å²) in [4.78, 5) is 20.6. The molecule has 34 heavy (non-hydrogen) atoms. The molecule has 0 amide bonds. The summed E-state index contributed by atoms with van der Waals surface area (Å²) < 4.78 is 15.2. The Morgan fingerprint density at radius 3 is 2.47 bits per heavy atom. The number of H-pyrrole nitrogens is 2. The smallest absolute Gasteiger partial charge is 0.133 e. The van der Waals surface area contributed by atoms with Gasteiger partial charge in [-0.15, -0.1) is 0 Å². The maximum atomic E-state index is 15.2. The van der Waals surface area contributed by atoms with Gasteiger partial charge in [0.15, 0.2) is 0 Å². The van der Waals surface area contributed by atoms with Crippen molar-refractivity contribution < 1.29 is 4.39 Å². The van der Waals surface area contributed by atoms with E-state index < -0.39 is 0 Å². The van der Waals surface area contributed by atoms with Gasteiger partial charge in [0.05, 0.1) is 28.4 Å². The average Bonchev–Trinajstić information content (AvgIpc) is 3.52. The summed E-state index contributed by atoms with van der Waals surface area (Å²) in [5.74, 6) is 1.78. The highest BCUT2D eigenvalue weighted by Crippen LogP contribution is 2.36. The molecule has 3 aromatic heterocycles. The molecule has 0 radical (unpaired) electrons. The lowest BCUT2D eigenvalue weighted by Crippen LogP contribution is -1.91. The van der Waals surface area contributed by atoms with Crippen LogP contribution in [0.2, 0.25) is 0 Å².